The highest BCUT2D eigenvalue weighted by Crippen LogP contribution is 2.27. The molecule has 0 saturated carbocycles. The van der Waals surface area contributed by atoms with E-state index in [1.54, 1.807) is 4.72 Å². The van der Waals surface area contributed by atoms with E-state index in [4.69, 9.17) is 5.73 Å². The van der Waals surface area contributed by atoms with E-state index < -0.39 is 33.2 Å². The van der Waals surface area contributed by atoms with E-state index in [1.807, 2.05) is 0 Å². The quantitative estimate of drug-likeness (QED) is 0.545. The standard InChI is InChI=1S/C13H16F3N3O4S/c14-13(15,16)24(22,23)18-8-3-2-6-19(7-8)12(21)9-4-1-5-10(17)11(9)20/h1,4-5,8,18,20H,2-3,6-7,17H2/t8-/m0/s1. The Labute approximate surface area is 136 Å². The average Bonchev–Trinajstić information content (AvgIpc) is 2.48. The van der Waals surface area contributed by atoms with Crippen LogP contribution in [0.3, 0.4) is 0 Å². The second kappa shape index (κ2) is 6.48. The van der Waals surface area contributed by atoms with Crippen molar-refractivity contribution in [2.45, 2.75) is 24.4 Å². The van der Waals surface area contributed by atoms with Gasteiger partial charge in [0.25, 0.3) is 5.91 Å². The summed E-state index contributed by atoms with van der Waals surface area (Å²) in [6.07, 6.45) is 0.488. The van der Waals surface area contributed by atoms with Crippen molar-refractivity contribution in [3.05, 3.63) is 23.8 Å². The number of carbonyl (C=O) groups is 1. The van der Waals surface area contributed by atoms with E-state index in [9.17, 15) is 31.5 Å². The van der Waals surface area contributed by atoms with Crippen LogP contribution in [-0.2, 0) is 10.0 Å². The maximum atomic E-state index is 12.4. The van der Waals surface area contributed by atoms with Crippen LogP contribution in [0, 0.1) is 0 Å². The Hall–Kier alpha value is -2.01. The number of halogens is 3. The van der Waals surface area contributed by atoms with Gasteiger partial charge in [0.05, 0.1) is 11.3 Å². The third-order valence-corrected chi connectivity index (χ3v) is 4.89. The molecule has 0 bridgehead atoms. The van der Waals surface area contributed by atoms with Gasteiger partial charge in [-0.25, -0.2) is 13.1 Å². The summed E-state index contributed by atoms with van der Waals surface area (Å²) in [6, 6.07) is 3.12. The first kappa shape index (κ1) is 18.3. The maximum absolute atomic E-state index is 12.4. The van der Waals surface area contributed by atoms with Crippen molar-refractivity contribution in [2.75, 3.05) is 18.8 Å². The Balaban J connectivity index is 2.14. The number of benzene rings is 1. The van der Waals surface area contributed by atoms with Crippen molar-refractivity contribution in [3.8, 4) is 5.75 Å². The van der Waals surface area contributed by atoms with Gasteiger partial charge in [0.2, 0.25) is 0 Å². The topological polar surface area (TPSA) is 113 Å². The molecule has 1 amide bonds. The van der Waals surface area contributed by atoms with Crippen molar-refractivity contribution >= 4 is 21.6 Å². The van der Waals surface area contributed by atoms with Crippen LogP contribution in [0.2, 0.25) is 0 Å². The number of hydrogen-bond donors (Lipinski definition) is 3. The molecule has 0 radical (unpaired) electrons. The number of phenols is 1. The number of alkyl halides is 3. The minimum atomic E-state index is -5.48. The number of para-hydroxylation sites is 1. The molecule has 24 heavy (non-hydrogen) atoms. The van der Waals surface area contributed by atoms with Crippen LogP contribution in [0.4, 0.5) is 18.9 Å². The number of rotatable bonds is 3. The van der Waals surface area contributed by atoms with Crippen LogP contribution in [0.1, 0.15) is 23.2 Å². The lowest BCUT2D eigenvalue weighted by Crippen LogP contribution is -2.52. The Morgan fingerprint density at radius 1 is 1.38 bits per heavy atom. The number of phenolic OH excluding ortho intramolecular Hbond substituents is 1. The Bertz CT molecular complexity index is 736. The van der Waals surface area contributed by atoms with Crippen LogP contribution < -0.4 is 10.5 Å². The van der Waals surface area contributed by atoms with E-state index in [-0.39, 0.29) is 30.8 Å². The van der Waals surface area contributed by atoms with Crippen molar-refractivity contribution in [3.63, 3.8) is 0 Å². The van der Waals surface area contributed by atoms with Crippen LogP contribution in [0.25, 0.3) is 0 Å². The molecule has 1 aromatic carbocycles. The van der Waals surface area contributed by atoms with E-state index in [0.717, 1.165) is 0 Å². The summed E-state index contributed by atoms with van der Waals surface area (Å²) in [6.45, 7) is -0.000297. The second-order valence-electron chi connectivity index (χ2n) is 5.40. The normalized spacial score (nSPS) is 19.3. The minimum Gasteiger partial charge on any atom is -0.505 e. The summed E-state index contributed by atoms with van der Waals surface area (Å²) in [5, 5.41) is 9.82. The lowest BCUT2D eigenvalue weighted by molar-refractivity contribution is -0.0452. The molecule has 2 rings (SSSR count). The lowest BCUT2D eigenvalue weighted by Gasteiger charge is -2.33. The van der Waals surface area contributed by atoms with Crippen molar-refractivity contribution in [2.24, 2.45) is 0 Å². The molecule has 0 aromatic heterocycles. The van der Waals surface area contributed by atoms with Gasteiger partial charge in [-0.3, -0.25) is 4.79 Å². The molecule has 134 valence electrons. The number of nitrogens with two attached hydrogens (primary N) is 1. The molecule has 1 aliphatic heterocycles. The van der Waals surface area contributed by atoms with Gasteiger partial charge in [-0.2, -0.15) is 13.2 Å². The van der Waals surface area contributed by atoms with Gasteiger partial charge in [0, 0.05) is 19.1 Å². The molecule has 0 unspecified atom stereocenters. The fraction of sp³-hybridized carbons (Fsp3) is 0.462. The van der Waals surface area contributed by atoms with E-state index in [1.165, 1.54) is 23.1 Å². The van der Waals surface area contributed by atoms with E-state index >= 15 is 0 Å². The minimum absolute atomic E-state index is 0.00724. The first-order chi connectivity index (χ1) is 11.0. The number of carbonyl (C=O) groups excluding carboxylic acids is 1. The van der Waals surface area contributed by atoms with E-state index in [2.05, 4.69) is 0 Å². The number of amides is 1. The highest BCUT2D eigenvalue weighted by molar-refractivity contribution is 7.90. The Morgan fingerprint density at radius 3 is 2.67 bits per heavy atom. The number of likely N-dealkylation sites (tertiary alicyclic amines) is 1. The molecule has 1 fully saturated rings. The van der Waals surface area contributed by atoms with Crippen molar-refractivity contribution in [1.29, 1.82) is 0 Å². The van der Waals surface area contributed by atoms with Crippen LogP contribution in [0.15, 0.2) is 18.2 Å². The van der Waals surface area contributed by atoms with Gasteiger partial charge in [-0.15, -0.1) is 0 Å². The molecule has 0 aliphatic carbocycles. The monoisotopic (exact) mass is 367 g/mol. The van der Waals surface area contributed by atoms with E-state index in [0.29, 0.717) is 6.42 Å². The molecule has 11 heteroatoms. The predicted octanol–water partition coefficient (Wildman–Crippen LogP) is 1.02. The van der Waals surface area contributed by atoms with Gasteiger partial charge >= 0.3 is 15.5 Å². The maximum Gasteiger partial charge on any atom is 0.511 e. The number of hydrogen-bond acceptors (Lipinski definition) is 5. The smallest absolute Gasteiger partial charge is 0.505 e. The molecule has 1 saturated heterocycles. The number of piperidine rings is 1. The highest BCUT2D eigenvalue weighted by Gasteiger charge is 2.47. The van der Waals surface area contributed by atoms with Gasteiger partial charge in [-0.1, -0.05) is 6.07 Å². The van der Waals surface area contributed by atoms with Crippen molar-refractivity contribution < 1.29 is 31.5 Å². The van der Waals surface area contributed by atoms with Crippen LogP contribution in [0.5, 0.6) is 5.75 Å². The molecule has 7 nitrogen and oxygen atoms in total. The fourth-order valence-electron chi connectivity index (χ4n) is 2.45. The Kier molecular flexibility index (Phi) is 4.95. The average molecular weight is 367 g/mol. The van der Waals surface area contributed by atoms with Crippen molar-refractivity contribution in [1.82, 2.24) is 9.62 Å². The molecule has 1 aliphatic rings. The first-order valence-electron chi connectivity index (χ1n) is 6.98. The molecular weight excluding hydrogens is 351 g/mol. The molecule has 1 atom stereocenters. The molecular formula is C13H16F3N3O4S. The number of nitrogens with one attached hydrogen (secondary N) is 1. The molecule has 0 spiro atoms. The fourth-order valence-corrected chi connectivity index (χ4v) is 3.21. The second-order valence-corrected chi connectivity index (χ2v) is 7.11. The summed E-state index contributed by atoms with van der Waals surface area (Å²) in [5.41, 5.74) is 0.00190. The summed E-state index contributed by atoms with van der Waals surface area (Å²) in [7, 11) is -5.48. The number of aromatic hydroxyl groups is 1. The zero-order valence-electron chi connectivity index (χ0n) is 12.4. The zero-order valence-corrected chi connectivity index (χ0v) is 13.2. The van der Waals surface area contributed by atoms with Gasteiger partial charge in [-0.05, 0) is 25.0 Å². The summed E-state index contributed by atoms with van der Waals surface area (Å²) >= 11 is 0. The van der Waals surface area contributed by atoms with Gasteiger partial charge in [0.15, 0.2) is 5.75 Å². The number of anilines is 1. The summed E-state index contributed by atoms with van der Waals surface area (Å²) < 4.78 is 61.2. The molecule has 1 aromatic rings. The summed E-state index contributed by atoms with van der Waals surface area (Å²) in [4.78, 5) is 13.6. The number of nitrogens with zero attached hydrogens (tertiary/aromatic N) is 1. The largest absolute Gasteiger partial charge is 0.511 e. The van der Waals surface area contributed by atoms with Gasteiger partial charge < -0.3 is 15.7 Å². The predicted molar refractivity (Wildman–Crippen MR) is 79.6 cm³/mol. The molecule has 1 heterocycles. The number of nitrogen functional groups attached to an aromatic ring is 1. The highest BCUT2D eigenvalue weighted by atomic mass is 32.2. The van der Waals surface area contributed by atoms with Crippen LogP contribution in [-0.4, -0.2) is 49.0 Å². The SMILES string of the molecule is Nc1cccc(C(=O)N2CCC[C@H](NS(=O)(=O)C(F)(F)F)C2)c1O. The molecule has 4 N–H and O–H groups in total. The summed E-state index contributed by atoms with van der Waals surface area (Å²) in [5.74, 6) is -1.05. The number of sulfonamides is 1. The third kappa shape index (κ3) is 3.73. The first-order valence-corrected chi connectivity index (χ1v) is 8.46. The zero-order chi connectivity index (χ0) is 18.1. The van der Waals surface area contributed by atoms with Gasteiger partial charge in [0.1, 0.15) is 0 Å². The lowest BCUT2D eigenvalue weighted by atomic mass is 10.0. The van der Waals surface area contributed by atoms with Crippen LogP contribution >= 0.6 is 0 Å². The third-order valence-electron chi connectivity index (χ3n) is 3.63. The Morgan fingerprint density at radius 2 is 2.04 bits per heavy atom.